The Morgan fingerprint density at radius 3 is 0.817 bits per heavy atom. The summed E-state index contributed by atoms with van der Waals surface area (Å²) in [6, 6.07) is 0. The minimum atomic E-state index is -0.762. The van der Waals surface area contributed by atoms with Crippen molar-refractivity contribution < 1.29 is 28.6 Å². The van der Waals surface area contributed by atoms with Gasteiger partial charge in [0.15, 0.2) is 6.10 Å². The molecule has 0 aromatic heterocycles. The van der Waals surface area contributed by atoms with Crippen LogP contribution in [0.5, 0.6) is 0 Å². The van der Waals surface area contributed by atoms with E-state index in [1.807, 2.05) is 0 Å². The Hall–Kier alpha value is -1.59. The van der Waals surface area contributed by atoms with Gasteiger partial charge >= 0.3 is 17.9 Å². The van der Waals surface area contributed by atoms with Crippen LogP contribution in [0.15, 0.2) is 0 Å². The van der Waals surface area contributed by atoms with Crippen LogP contribution in [-0.2, 0) is 28.6 Å². The number of ether oxygens (including phenoxy) is 3. The molecule has 0 rings (SSSR count). The summed E-state index contributed by atoms with van der Waals surface area (Å²) in [5.41, 5.74) is 0. The molecule has 0 aliphatic carbocycles. The maximum atomic E-state index is 12.8. The van der Waals surface area contributed by atoms with Crippen LogP contribution < -0.4 is 0 Å². The van der Waals surface area contributed by atoms with E-state index in [0.717, 1.165) is 69.6 Å². The minimum absolute atomic E-state index is 0.0634. The van der Waals surface area contributed by atoms with Gasteiger partial charge in [-0.15, -0.1) is 0 Å². The van der Waals surface area contributed by atoms with Crippen molar-refractivity contribution in [3.63, 3.8) is 0 Å². The van der Waals surface area contributed by atoms with E-state index in [2.05, 4.69) is 34.6 Å². The lowest BCUT2D eigenvalue weighted by molar-refractivity contribution is -0.167. The average Bonchev–Trinajstić information content (AvgIpc) is 3.22. The van der Waals surface area contributed by atoms with E-state index in [4.69, 9.17) is 14.2 Å². The normalized spacial score (nSPS) is 12.1. The van der Waals surface area contributed by atoms with Gasteiger partial charge in [-0.2, -0.15) is 0 Å². The Labute approximate surface area is 374 Å². The van der Waals surface area contributed by atoms with Crippen molar-refractivity contribution in [2.45, 2.75) is 304 Å². The Morgan fingerprint density at radius 2 is 0.550 bits per heavy atom. The molecule has 0 aromatic carbocycles. The van der Waals surface area contributed by atoms with Crippen molar-refractivity contribution in [2.75, 3.05) is 13.2 Å². The van der Waals surface area contributed by atoms with E-state index in [1.54, 1.807) is 0 Å². The number of rotatable bonds is 48. The van der Waals surface area contributed by atoms with Gasteiger partial charge in [-0.05, 0) is 31.1 Å². The highest BCUT2D eigenvalue weighted by molar-refractivity contribution is 5.71. The van der Waals surface area contributed by atoms with Crippen LogP contribution in [0.25, 0.3) is 0 Å². The average molecular weight is 849 g/mol. The number of unbranched alkanes of at least 4 members (excludes halogenated alkanes) is 33. The molecule has 0 aliphatic rings. The first-order valence-electron chi connectivity index (χ1n) is 26.7. The molecule has 60 heavy (non-hydrogen) atoms. The Kier molecular flexibility index (Phi) is 45.7. The maximum absolute atomic E-state index is 12.8. The third-order valence-electron chi connectivity index (χ3n) is 12.2. The summed E-state index contributed by atoms with van der Waals surface area (Å²) < 4.78 is 16.8. The lowest BCUT2D eigenvalue weighted by atomic mass is 10.0. The fraction of sp³-hybridized carbons (Fsp3) is 0.944. The Morgan fingerprint density at radius 1 is 0.317 bits per heavy atom. The summed E-state index contributed by atoms with van der Waals surface area (Å²) in [7, 11) is 0. The van der Waals surface area contributed by atoms with Gasteiger partial charge in [-0.3, -0.25) is 14.4 Å². The maximum Gasteiger partial charge on any atom is 0.306 e. The molecule has 0 spiro atoms. The Bertz CT molecular complexity index is 916. The van der Waals surface area contributed by atoms with Crippen LogP contribution in [0, 0.1) is 11.8 Å². The minimum Gasteiger partial charge on any atom is -0.462 e. The molecule has 0 unspecified atom stereocenters. The van der Waals surface area contributed by atoms with E-state index >= 15 is 0 Å². The van der Waals surface area contributed by atoms with Gasteiger partial charge in [0.05, 0.1) is 0 Å². The summed E-state index contributed by atoms with van der Waals surface area (Å²) in [6.07, 6.45) is 48.0. The number of carbonyl (C=O) groups is 3. The van der Waals surface area contributed by atoms with Crippen molar-refractivity contribution in [3.05, 3.63) is 0 Å². The first-order valence-corrected chi connectivity index (χ1v) is 26.7. The molecule has 6 nitrogen and oxygen atoms in total. The second kappa shape index (κ2) is 46.9. The molecule has 0 saturated heterocycles. The third-order valence-corrected chi connectivity index (χ3v) is 12.2. The summed E-state index contributed by atoms with van der Waals surface area (Å²) in [4.78, 5) is 38.0. The van der Waals surface area contributed by atoms with E-state index in [9.17, 15) is 14.4 Å². The zero-order chi connectivity index (χ0) is 44.0. The number of hydrogen-bond acceptors (Lipinski definition) is 6. The molecule has 0 aliphatic heterocycles. The molecule has 0 aromatic rings. The van der Waals surface area contributed by atoms with E-state index in [-0.39, 0.29) is 31.1 Å². The molecule has 0 N–H and O–H groups in total. The van der Waals surface area contributed by atoms with Crippen LogP contribution >= 0.6 is 0 Å². The van der Waals surface area contributed by atoms with Crippen LogP contribution in [0.2, 0.25) is 0 Å². The van der Waals surface area contributed by atoms with Crippen molar-refractivity contribution in [2.24, 2.45) is 11.8 Å². The van der Waals surface area contributed by atoms with Crippen LogP contribution in [0.1, 0.15) is 298 Å². The third kappa shape index (κ3) is 47.5. The molecule has 0 heterocycles. The molecule has 6 heteroatoms. The first kappa shape index (κ1) is 58.4. The molecule has 0 saturated carbocycles. The molecular formula is C54H104O6. The Balaban J connectivity index is 4.32. The monoisotopic (exact) mass is 849 g/mol. The van der Waals surface area contributed by atoms with Gasteiger partial charge in [0.1, 0.15) is 13.2 Å². The predicted molar refractivity (Wildman–Crippen MR) is 256 cm³/mol. The molecule has 0 radical (unpaired) electrons. The zero-order valence-corrected chi connectivity index (χ0v) is 41.1. The topological polar surface area (TPSA) is 78.9 Å². The number of hydrogen-bond donors (Lipinski definition) is 0. The summed E-state index contributed by atoms with van der Waals surface area (Å²) in [5, 5.41) is 0. The SMILES string of the molecule is CCCCCCCCCCCCCCCCC(=O)OC[C@@H](COC(=O)CCCCCCCCCCCCC(C)C)OC(=O)CCCCCCCCCCCCCCC(C)C. The van der Waals surface area contributed by atoms with E-state index < -0.39 is 6.10 Å². The zero-order valence-electron chi connectivity index (χ0n) is 41.1. The summed E-state index contributed by atoms with van der Waals surface area (Å²) >= 11 is 0. The van der Waals surface area contributed by atoms with E-state index in [0.29, 0.717) is 19.3 Å². The van der Waals surface area contributed by atoms with Gasteiger partial charge in [-0.1, -0.05) is 259 Å². The van der Waals surface area contributed by atoms with Crippen LogP contribution in [0.4, 0.5) is 0 Å². The highest BCUT2D eigenvalue weighted by Crippen LogP contribution is 2.17. The lowest BCUT2D eigenvalue weighted by Crippen LogP contribution is -2.30. The van der Waals surface area contributed by atoms with Gasteiger partial charge < -0.3 is 14.2 Å². The summed E-state index contributed by atoms with van der Waals surface area (Å²) in [6.45, 7) is 11.4. The van der Waals surface area contributed by atoms with Crippen molar-refractivity contribution in [3.8, 4) is 0 Å². The number of carbonyl (C=O) groups excluding carboxylic acids is 3. The van der Waals surface area contributed by atoms with Crippen molar-refractivity contribution in [1.29, 1.82) is 0 Å². The standard InChI is InChI=1S/C54H104O6/c1-6-7-8-9-10-11-12-13-14-18-24-29-34-39-44-52(55)58-47-51(48-59-53(56)45-40-35-30-25-21-20-23-28-33-38-43-50(4)5)60-54(57)46-41-36-31-26-19-16-15-17-22-27-32-37-42-49(2)3/h49-51H,6-48H2,1-5H3/t51-/m0/s1. The van der Waals surface area contributed by atoms with Gasteiger partial charge in [0, 0.05) is 19.3 Å². The highest BCUT2D eigenvalue weighted by atomic mass is 16.6. The van der Waals surface area contributed by atoms with Gasteiger partial charge in [0.2, 0.25) is 0 Å². The van der Waals surface area contributed by atoms with Crippen molar-refractivity contribution >= 4 is 17.9 Å². The van der Waals surface area contributed by atoms with E-state index in [1.165, 1.54) is 186 Å². The molecule has 0 bridgehead atoms. The number of esters is 3. The van der Waals surface area contributed by atoms with Gasteiger partial charge in [-0.25, -0.2) is 0 Å². The predicted octanol–water partition coefficient (Wildman–Crippen LogP) is 17.3. The first-order chi connectivity index (χ1) is 29.2. The largest absolute Gasteiger partial charge is 0.462 e. The molecule has 0 amide bonds. The molecule has 356 valence electrons. The molecule has 0 fully saturated rings. The van der Waals surface area contributed by atoms with Crippen LogP contribution in [-0.4, -0.2) is 37.2 Å². The fourth-order valence-electron chi connectivity index (χ4n) is 8.17. The lowest BCUT2D eigenvalue weighted by Gasteiger charge is -2.18. The molecule has 1 atom stereocenters. The highest BCUT2D eigenvalue weighted by Gasteiger charge is 2.19. The van der Waals surface area contributed by atoms with Crippen molar-refractivity contribution in [1.82, 2.24) is 0 Å². The second-order valence-corrected chi connectivity index (χ2v) is 19.5. The van der Waals surface area contributed by atoms with Crippen LogP contribution in [0.3, 0.4) is 0 Å². The quantitative estimate of drug-likeness (QED) is 0.0345. The second-order valence-electron chi connectivity index (χ2n) is 19.5. The van der Waals surface area contributed by atoms with Gasteiger partial charge in [0.25, 0.3) is 0 Å². The smallest absolute Gasteiger partial charge is 0.306 e. The fourth-order valence-corrected chi connectivity index (χ4v) is 8.17. The summed E-state index contributed by atoms with van der Waals surface area (Å²) in [5.74, 6) is 0.805. The molecular weight excluding hydrogens is 745 g/mol.